The highest BCUT2D eigenvalue weighted by molar-refractivity contribution is 5.96. The summed E-state index contributed by atoms with van der Waals surface area (Å²) in [4.78, 5) is 43.4. The molecule has 0 bridgehead atoms. The van der Waals surface area contributed by atoms with Gasteiger partial charge in [0.15, 0.2) is 11.9 Å². The second-order valence-electron chi connectivity index (χ2n) is 6.66. The Bertz CT molecular complexity index is 1080. The molecule has 0 saturated heterocycles. The van der Waals surface area contributed by atoms with Crippen molar-refractivity contribution in [2.75, 3.05) is 6.54 Å². The van der Waals surface area contributed by atoms with Crippen LogP contribution in [0.25, 0.3) is 10.9 Å². The molecule has 3 aromatic rings. The van der Waals surface area contributed by atoms with Crippen molar-refractivity contribution in [3.05, 3.63) is 75.3 Å². The van der Waals surface area contributed by atoms with E-state index < -0.39 is 12.1 Å². The van der Waals surface area contributed by atoms with E-state index in [4.69, 9.17) is 4.74 Å². The van der Waals surface area contributed by atoms with Gasteiger partial charge in [-0.1, -0.05) is 29.3 Å². The van der Waals surface area contributed by atoms with E-state index >= 15 is 0 Å². The van der Waals surface area contributed by atoms with E-state index in [1.165, 1.54) is 0 Å². The number of hydrogen-bond donors (Lipinski definition) is 2. The molecule has 1 aromatic heterocycles. The minimum Gasteiger partial charge on any atom is -0.453 e. The van der Waals surface area contributed by atoms with E-state index in [-0.39, 0.29) is 23.8 Å². The van der Waals surface area contributed by atoms with Crippen molar-refractivity contribution >= 4 is 22.8 Å². The van der Waals surface area contributed by atoms with Crippen LogP contribution in [0.15, 0.2) is 47.3 Å². The third kappa shape index (κ3) is 4.43. The van der Waals surface area contributed by atoms with Gasteiger partial charge in [0, 0.05) is 5.56 Å². The summed E-state index contributed by atoms with van der Waals surface area (Å²) in [6.45, 7) is 5.12. The highest BCUT2D eigenvalue weighted by Gasteiger charge is 2.16. The minimum absolute atomic E-state index is 0.248. The van der Waals surface area contributed by atoms with E-state index in [0.29, 0.717) is 16.5 Å². The third-order valence-corrected chi connectivity index (χ3v) is 4.20. The number of esters is 1. The summed E-state index contributed by atoms with van der Waals surface area (Å²) in [5.41, 5.74) is 2.64. The van der Waals surface area contributed by atoms with Gasteiger partial charge in [-0.15, -0.1) is 0 Å². The normalized spacial score (nSPS) is 11.8. The Labute approximate surface area is 161 Å². The zero-order chi connectivity index (χ0) is 20.3. The van der Waals surface area contributed by atoms with Crippen molar-refractivity contribution in [1.82, 2.24) is 15.3 Å². The number of carbonyl (C=O) groups excluding carboxylic acids is 2. The molecule has 144 valence electrons. The fraction of sp³-hybridized carbons (Fsp3) is 0.238. The predicted octanol–water partition coefficient (Wildman–Crippen LogP) is 2.57. The standard InChI is InChI=1S/C21H21N3O4/c1-12-8-13(2)10-15(9-12)20(26)22-11-18(25)28-14(3)19-23-17-7-5-4-6-16(17)21(27)24-19/h4-10,14H,11H2,1-3H3,(H,22,26)(H,23,24,27). The summed E-state index contributed by atoms with van der Waals surface area (Å²) in [6.07, 6.45) is -0.761. The Morgan fingerprint density at radius 1 is 1.14 bits per heavy atom. The quantitative estimate of drug-likeness (QED) is 0.664. The van der Waals surface area contributed by atoms with Gasteiger partial charge in [0.05, 0.1) is 10.9 Å². The first-order valence-electron chi connectivity index (χ1n) is 8.88. The lowest BCUT2D eigenvalue weighted by Gasteiger charge is -2.13. The molecule has 28 heavy (non-hydrogen) atoms. The number of H-pyrrole nitrogens is 1. The lowest BCUT2D eigenvalue weighted by Crippen LogP contribution is -2.31. The summed E-state index contributed by atoms with van der Waals surface area (Å²) in [7, 11) is 0. The summed E-state index contributed by atoms with van der Waals surface area (Å²) in [5.74, 6) is -0.729. The van der Waals surface area contributed by atoms with Crippen molar-refractivity contribution in [3.8, 4) is 0 Å². The highest BCUT2D eigenvalue weighted by atomic mass is 16.5. The van der Waals surface area contributed by atoms with Gasteiger partial charge in [0.25, 0.3) is 11.5 Å². The first-order valence-corrected chi connectivity index (χ1v) is 8.88. The van der Waals surface area contributed by atoms with Gasteiger partial charge in [-0.25, -0.2) is 4.98 Å². The van der Waals surface area contributed by atoms with Gasteiger partial charge >= 0.3 is 5.97 Å². The lowest BCUT2D eigenvalue weighted by molar-refractivity contribution is -0.147. The molecule has 1 unspecified atom stereocenters. The highest BCUT2D eigenvalue weighted by Crippen LogP contribution is 2.14. The van der Waals surface area contributed by atoms with Gasteiger partial charge in [-0.2, -0.15) is 0 Å². The monoisotopic (exact) mass is 379 g/mol. The fourth-order valence-electron chi connectivity index (χ4n) is 2.95. The maximum atomic E-state index is 12.2. The Morgan fingerprint density at radius 3 is 2.54 bits per heavy atom. The summed E-state index contributed by atoms with van der Waals surface area (Å²) in [6, 6.07) is 12.4. The SMILES string of the molecule is Cc1cc(C)cc(C(=O)NCC(=O)OC(C)c2nc3ccccc3c(=O)[nH]2)c1. The van der Waals surface area contributed by atoms with Crippen LogP contribution in [-0.2, 0) is 9.53 Å². The van der Waals surface area contributed by atoms with Crippen molar-refractivity contribution in [2.45, 2.75) is 26.9 Å². The molecule has 0 saturated carbocycles. The average Bonchev–Trinajstić information content (AvgIpc) is 2.65. The number of aromatic nitrogens is 2. The largest absolute Gasteiger partial charge is 0.453 e. The number of rotatable bonds is 5. The Balaban J connectivity index is 1.63. The van der Waals surface area contributed by atoms with Gasteiger partial charge in [-0.05, 0) is 45.0 Å². The second-order valence-corrected chi connectivity index (χ2v) is 6.66. The number of aromatic amines is 1. The molecule has 0 aliphatic heterocycles. The number of fused-ring (bicyclic) bond motifs is 1. The molecular weight excluding hydrogens is 358 g/mol. The minimum atomic E-state index is -0.761. The molecule has 0 radical (unpaired) electrons. The average molecular weight is 379 g/mol. The zero-order valence-electron chi connectivity index (χ0n) is 15.9. The van der Waals surface area contributed by atoms with Crippen LogP contribution in [0, 0.1) is 13.8 Å². The van der Waals surface area contributed by atoms with Gasteiger partial charge < -0.3 is 15.0 Å². The molecule has 1 atom stereocenters. The van der Waals surface area contributed by atoms with Crippen molar-refractivity contribution in [2.24, 2.45) is 0 Å². The molecule has 1 amide bonds. The number of nitrogens with one attached hydrogen (secondary N) is 2. The van der Waals surface area contributed by atoms with Crippen LogP contribution in [0.1, 0.15) is 40.3 Å². The van der Waals surface area contributed by atoms with Crippen LogP contribution < -0.4 is 10.9 Å². The molecule has 0 aliphatic carbocycles. The van der Waals surface area contributed by atoms with Crippen molar-refractivity contribution in [1.29, 1.82) is 0 Å². The molecule has 2 N–H and O–H groups in total. The first kappa shape index (κ1) is 19.3. The first-order chi connectivity index (χ1) is 13.3. The lowest BCUT2D eigenvalue weighted by atomic mass is 10.1. The number of ether oxygens (including phenoxy) is 1. The topological polar surface area (TPSA) is 101 Å². The van der Waals surface area contributed by atoms with Gasteiger partial charge in [0.1, 0.15) is 6.54 Å². The summed E-state index contributed by atoms with van der Waals surface area (Å²) in [5, 5.41) is 3.01. The van der Waals surface area contributed by atoms with Crippen LogP contribution in [0.5, 0.6) is 0 Å². The maximum absolute atomic E-state index is 12.2. The maximum Gasteiger partial charge on any atom is 0.326 e. The van der Waals surface area contributed by atoms with E-state index in [1.807, 2.05) is 19.9 Å². The van der Waals surface area contributed by atoms with Crippen LogP contribution in [0.3, 0.4) is 0 Å². The van der Waals surface area contributed by atoms with Crippen LogP contribution in [0.2, 0.25) is 0 Å². The third-order valence-electron chi connectivity index (χ3n) is 4.20. The number of para-hydroxylation sites is 1. The van der Waals surface area contributed by atoms with Crippen LogP contribution in [-0.4, -0.2) is 28.4 Å². The Morgan fingerprint density at radius 2 is 1.82 bits per heavy atom. The van der Waals surface area contributed by atoms with Crippen molar-refractivity contribution < 1.29 is 14.3 Å². The van der Waals surface area contributed by atoms with E-state index in [0.717, 1.165) is 11.1 Å². The number of carbonyl (C=O) groups is 2. The van der Waals surface area contributed by atoms with E-state index in [2.05, 4.69) is 15.3 Å². The second kappa shape index (κ2) is 8.04. The number of nitrogens with zero attached hydrogens (tertiary/aromatic N) is 1. The molecule has 3 rings (SSSR count). The number of amides is 1. The number of benzene rings is 2. The smallest absolute Gasteiger partial charge is 0.326 e. The molecule has 0 spiro atoms. The molecule has 7 nitrogen and oxygen atoms in total. The molecule has 0 aliphatic rings. The van der Waals surface area contributed by atoms with Crippen LogP contribution in [0.4, 0.5) is 0 Å². The number of aryl methyl sites for hydroxylation is 2. The van der Waals surface area contributed by atoms with E-state index in [9.17, 15) is 14.4 Å². The molecule has 0 fully saturated rings. The molecular formula is C21H21N3O4. The zero-order valence-corrected chi connectivity index (χ0v) is 15.9. The Kier molecular flexibility index (Phi) is 5.54. The van der Waals surface area contributed by atoms with Crippen molar-refractivity contribution in [3.63, 3.8) is 0 Å². The number of hydrogen-bond acceptors (Lipinski definition) is 5. The van der Waals surface area contributed by atoms with Gasteiger partial charge in [-0.3, -0.25) is 14.4 Å². The molecule has 7 heteroatoms. The van der Waals surface area contributed by atoms with E-state index in [1.54, 1.807) is 43.3 Å². The summed E-state index contributed by atoms with van der Waals surface area (Å²) >= 11 is 0. The predicted molar refractivity (Wildman–Crippen MR) is 105 cm³/mol. The molecule has 1 heterocycles. The Hall–Kier alpha value is -3.48. The van der Waals surface area contributed by atoms with Gasteiger partial charge in [0.2, 0.25) is 0 Å². The fourth-order valence-corrected chi connectivity index (χ4v) is 2.95. The summed E-state index contributed by atoms with van der Waals surface area (Å²) < 4.78 is 5.29. The molecule has 2 aromatic carbocycles. The van der Waals surface area contributed by atoms with Crippen LogP contribution >= 0.6 is 0 Å².